The van der Waals surface area contributed by atoms with E-state index in [4.69, 9.17) is 19.8 Å². The van der Waals surface area contributed by atoms with Crippen molar-refractivity contribution in [1.29, 1.82) is 5.26 Å². The highest BCUT2D eigenvalue weighted by Gasteiger charge is 2.09. The molecular formula is C14H13NO5. The van der Waals surface area contributed by atoms with Gasteiger partial charge in [-0.3, -0.25) is 0 Å². The Hall–Kier alpha value is -2.94. The number of methoxy groups -OCH3 is 2. The molecule has 1 aromatic rings. The smallest absolute Gasteiger partial charge is 0.346 e. The first-order valence-electron chi connectivity index (χ1n) is 5.50. The summed E-state index contributed by atoms with van der Waals surface area (Å²) >= 11 is 0. The van der Waals surface area contributed by atoms with E-state index in [0.717, 1.165) is 6.08 Å². The van der Waals surface area contributed by atoms with Gasteiger partial charge in [-0.15, -0.1) is 0 Å². The molecule has 0 fully saturated rings. The number of aromatic hydroxyl groups is 1. The fourth-order valence-corrected chi connectivity index (χ4v) is 1.41. The molecule has 104 valence electrons. The second kappa shape index (κ2) is 6.85. The number of benzene rings is 1. The Morgan fingerprint density at radius 3 is 2.55 bits per heavy atom. The molecule has 0 aliphatic rings. The van der Waals surface area contributed by atoms with Gasteiger partial charge in [0.15, 0.2) is 11.5 Å². The van der Waals surface area contributed by atoms with Gasteiger partial charge < -0.3 is 19.7 Å². The lowest BCUT2D eigenvalue weighted by atomic mass is 10.1. The van der Waals surface area contributed by atoms with Crippen LogP contribution in [0.1, 0.15) is 5.56 Å². The Labute approximate surface area is 115 Å². The van der Waals surface area contributed by atoms with Crippen molar-refractivity contribution >= 4 is 12.0 Å². The van der Waals surface area contributed by atoms with Gasteiger partial charge in [-0.25, -0.2) is 4.79 Å². The highest BCUT2D eigenvalue weighted by atomic mass is 16.5. The summed E-state index contributed by atoms with van der Waals surface area (Å²) in [6.45, 7) is 0. The summed E-state index contributed by atoms with van der Waals surface area (Å²) in [5.41, 5.74) is -0.0317. The highest BCUT2D eigenvalue weighted by Crippen LogP contribution is 2.35. The third-order valence-corrected chi connectivity index (χ3v) is 2.42. The largest absolute Gasteiger partial charge is 0.504 e. The molecule has 0 saturated carbocycles. The van der Waals surface area contributed by atoms with Crippen molar-refractivity contribution in [2.24, 2.45) is 0 Å². The van der Waals surface area contributed by atoms with Crippen molar-refractivity contribution in [2.45, 2.75) is 0 Å². The van der Waals surface area contributed by atoms with Crippen LogP contribution in [0, 0.1) is 11.3 Å². The Morgan fingerprint density at radius 1 is 1.35 bits per heavy atom. The van der Waals surface area contributed by atoms with Crippen LogP contribution in [-0.2, 0) is 4.79 Å². The fourth-order valence-electron chi connectivity index (χ4n) is 1.41. The van der Waals surface area contributed by atoms with Crippen molar-refractivity contribution in [3.63, 3.8) is 0 Å². The molecule has 0 aromatic heterocycles. The molecule has 6 nitrogen and oxygen atoms in total. The molecule has 1 aromatic carbocycles. The van der Waals surface area contributed by atoms with E-state index in [1.54, 1.807) is 12.1 Å². The second-order valence-corrected chi connectivity index (χ2v) is 3.62. The van der Waals surface area contributed by atoms with E-state index < -0.39 is 11.5 Å². The molecule has 0 heterocycles. The summed E-state index contributed by atoms with van der Waals surface area (Å²) < 4.78 is 10.0. The minimum atomic E-state index is -1.32. The molecule has 0 radical (unpaired) electrons. The second-order valence-electron chi connectivity index (χ2n) is 3.62. The van der Waals surface area contributed by atoms with Crippen LogP contribution in [0.3, 0.4) is 0 Å². The number of hydrogen-bond donors (Lipinski definition) is 2. The monoisotopic (exact) mass is 275 g/mol. The first-order chi connectivity index (χ1) is 9.53. The maximum atomic E-state index is 10.6. The third-order valence-electron chi connectivity index (χ3n) is 2.42. The zero-order valence-electron chi connectivity index (χ0n) is 11.0. The van der Waals surface area contributed by atoms with Crippen LogP contribution in [0.15, 0.2) is 29.9 Å². The lowest BCUT2D eigenvalue weighted by Crippen LogP contribution is -1.96. The number of phenolic OH excluding ortho intramolecular Hbond substituents is 1. The number of nitriles is 1. The van der Waals surface area contributed by atoms with Gasteiger partial charge >= 0.3 is 5.97 Å². The zero-order chi connectivity index (χ0) is 15.1. The number of phenols is 1. The maximum Gasteiger partial charge on any atom is 0.346 e. The van der Waals surface area contributed by atoms with Crippen molar-refractivity contribution < 1.29 is 24.5 Å². The number of ether oxygens (including phenoxy) is 2. The van der Waals surface area contributed by atoms with E-state index in [9.17, 15) is 9.90 Å². The lowest BCUT2D eigenvalue weighted by molar-refractivity contribution is -0.132. The van der Waals surface area contributed by atoms with E-state index in [2.05, 4.69) is 0 Å². The Balaban J connectivity index is 3.15. The fraction of sp³-hybridized carbons (Fsp3) is 0.143. The van der Waals surface area contributed by atoms with Gasteiger partial charge in [0, 0.05) is 11.6 Å². The van der Waals surface area contributed by atoms with Gasteiger partial charge in [-0.2, -0.15) is 5.26 Å². The first kappa shape index (κ1) is 15.1. The summed E-state index contributed by atoms with van der Waals surface area (Å²) in [6.07, 6.45) is 3.93. The minimum absolute atomic E-state index is 0.105. The van der Waals surface area contributed by atoms with Crippen LogP contribution >= 0.6 is 0 Å². The van der Waals surface area contributed by atoms with Gasteiger partial charge in [0.2, 0.25) is 0 Å². The van der Waals surface area contributed by atoms with E-state index in [-0.39, 0.29) is 11.5 Å². The molecular weight excluding hydrogens is 262 g/mol. The quantitative estimate of drug-likeness (QED) is 0.484. The number of rotatable bonds is 5. The van der Waals surface area contributed by atoms with Gasteiger partial charge in [0.1, 0.15) is 17.4 Å². The zero-order valence-corrected chi connectivity index (χ0v) is 11.0. The van der Waals surface area contributed by atoms with E-state index >= 15 is 0 Å². The number of carboxylic acids is 1. The van der Waals surface area contributed by atoms with Crippen LogP contribution in [-0.4, -0.2) is 30.4 Å². The predicted molar refractivity (Wildman–Crippen MR) is 71.6 cm³/mol. The molecule has 0 saturated heterocycles. The number of carboxylic acid groups (broad SMARTS) is 1. The molecule has 0 aliphatic heterocycles. The summed E-state index contributed by atoms with van der Waals surface area (Å²) in [5.74, 6) is -0.717. The normalized spacial score (nSPS) is 11.2. The van der Waals surface area contributed by atoms with E-state index in [1.807, 2.05) is 0 Å². The lowest BCUT2D eigenvalue weighted by Gasteiger charge is -2.09. The SMILES string of the molecule is COc1cc(/C=C/C=C(\C#N)C(=O)O)c(O)c(OC)c1. The van der Waals surface area contributed by atoms with Gasteiger partial charge in [0.25, 0.3) is 0 Å². The molecule has 0 aliphatic carbocycles. The summed E-state index contributed by atoms with van der Waals surface area (Å²) in [7, 11) is 2.87. The first-order valence-corrected chi connectivity index (χ1v) is 5.50. The van der Waals surface area contributed by atoms with Crippen LogP contribution in [0.5, 0.6) is 17.2 Å². The standard InChI is InChI=1S/C14H13NO5/c1-19-11-6-9(13(16)12(7-11)20-2)4-3-5-10(8-15)14(17)18/h3-7,16H,1-2H3,(H,17,18)/b4-3+,10-5+. The van der Waals surface area contributed by atoms with Crippen molar-refractivity contribution in [3.05, 3.63) is 35.4 Å². The van der Waals surface area contributed by atoms with Crippen molar-refractivity contribution in [1.82, 2.24) is 0 Å². The molecule has 0 spiro atoms. The topological polar surface area (TPSA) is 99.8 Å². The Bertz CT molecular complexity index is 611. The number of aliphatic carboxylic acids is 1. The molecule has 0 bridgehead atoms. The summed E-state index contributed by atoms with van der Waals surface area (Å²) in [6, 6.07) is 4.61. The minimum Gasteiger partial charge on any atom is -0.504 e. The van der Waals surface area contributed by atoms with Gasteiger partial charge in [-0.1, -0.05) is 12.2 Å². The molecule has 2 N–H and O–H groups in total. The van der Waals surface area contributed by atoms with Crippen molar-refractivity contribution in [3.8, 4) is 23.3 Å². The van der Waals surface area contributed by atoms with E-state index in [1.165, 1.54) is 32.4 Å². The van der Waals surface area contributed by atoms with Gasteiger partial charge in [0.05, 0.1) is 14.2 Å². The van der Waals surface area contributed by atoms with Crippen LogP contribution in [0.25, 0.3) is 6.08 Å². The van der Waals surface area contributed by atoms with E-state index in [0.29, 0.717) is 11.3 Å². The number of hydrogen-bond acceptors (Lipinski definition) is 5. The van der Waals surface area contributed by atoms with Crippen LogP contribution in [0.4, 0.5) is 0 Å². The maximum absolute atomic E-state index is 10.6. The van der Waals surface area contributed by atoms with Crippen molar-refractivity contribution in [2.75, 3.05) is 14.2 Å². The third kappa shape index (κ3) is 3.53. The average Bonchev–Trinajstić information content (AvgIpc) is 2.44. The molecule has 0 atom stereocenters. The summed E-state index contributed by atoms with van der Waals surface area (Å²) in [5, 5.41) is 27.2. The predicted octanol–water partition coefficient (Wildman–Crippen LogP) is 1.96. The van der Waals surface area contributed by atoms with Crippen LogP contribution < -0.4 is 9.47 Å². The molecule has 1 rings (SSSR count). The summed E-state index contributed by atoms with van der Waals surface area (Å²) in [4.78, 5) is 10.6. The number of nitrogens with zero attached hydrogens (tertiary/aromatic N) is 1. The average molecular weight is 275 g/mol. The molecule has 0 unspecified atom stereocenters. The number of carbonyl (C=O) groups is 1. The Kier molecular flexibility index (Phi) is 5.18. The molecule has 6 heteroatoms. The Morgan fingerprint density at radius 2 is 2.05 bits per heavy atom. The molecule has 0 amide bonds. The number of allylic oxidation sites excluding steroid dienone is 2. The van der Waals surface area contributed by atoms with Gasteiger partial charge in [-0.05, 0) is 12.1 Å². The van der Waals surface area contributed by atoms with Crippen LogP contribution in [0.2, 0.25) is 0 Å². The molecule has 20 heavy (non-hydrogen) atoms. The highest BCUT2D eigenvalue weighted by molar-refractivity contribution is 5.91.